The zero-order valence-corrected chi connectivity index (χ0v) is 24.3. The largest absolute Gasteiger partial charge is 0.436 e. The molecule has 2 amide bonds. The van der Waals surface area contributed by atoms with Crippen LogP contribution in [0.4, 0.5) is 5.69 Å². The van der Waals surface area contributed by atoms with Gasteiger partial charge in [0.2, 0.25) is 11.8 Å². The minimum atomic E-state index is -0.144. The average Bonchev–Trinajstić information content (AvgIpc) is 3.83. The van der Waals surface area contributed by atoms with E-state index in [1.54, 1.807) is 30.3 Å². The number of benzene rings is 2. The molecular formula is C32H31N9O3. The molecule has 3 atom stereocenters. The van der Waals surface area contributed by atoms with Gasteiger partial charge in [-0.3, -0.25) is 19.5 Å². The molecule has 0 spiro atoms. The Labute approximate surface area is 253 Å². The van der Waals surface area contributed by atoms with Gasteiger partial charge in [-0.2, -0.15) is 4.80 Å². The summed E-state index contributed by atoms with van der Waals surface area (Å²) in [5.41, 5.74) is 4.27. The summed E-state index contributed by atoms with van der Waals surface area (Å²) in [7, 11) is 1.77. The Hall–Kier alpha value is -4.97. The molecule has 3 saturated heterocycles. The molecule has 0 N–H and O–H groups in total. The summed E-state index contributed by atoms with van der Waals surface area (Å²) in [4.78, 5) is 43.0. The van der Waals surface area contributed by atoms with Gasteiger partial charge in [-0.1, -0.05) is 30.3 Å². The first-order chi connectivity index (χ1) is 21.5. The first kappa shape index (κ1) is 26.6. The fourth-order valence-electron chi connectivity index (χ4n) is 6.99. The number of oxazole rings is 1. The highest BCUT2D eigenvalue weighted by molar-refractivity contribution is 5.97. The predicted octanol–water partition coefficient (Wildman–Crippen LogP) is 3.62. The van der Waals surface area contributed by atoms with E-state index in [4.69, 9.17) is 9.40 Å². The fraction of sp³-hybridized carbons (Fsp3) is 0.344. The normalized spacial score (nSPS) is 21.0. The summed E-state index contributed by atoms with van der Waals surface area (Å²) in [6.45, 7) is 2.12. The van der Waals surface area contributed by atoms with Gasteiger partial charge < -0.3 is 14.2 Å². The van der Waals surface area contributed by atoms with Gasteiger partial charge >= 0.3 is 0 Å². The molecule has 12 heteroatoms. The highest BCUT2D eigenvalue weighted by Gasteiger charge is 2.45. The van der Waals surface area contributed by atoms with Crippen molar-refractivity contribution in [3.05, 3.63) is 83.9 Å². The smallest absolute Gasteiger partial charge is 0.273 e. The van der Waals surface area contributed by atoms with E-state index in [-0.39, 0.29) is 29.9 Å². The summed E-state index contributed by atoms with van der Waals surface area (Å²) >= 11 is 0. The molecule has 44 heavy (non-hydrogen) atoms. The average molecular weight is 590 g/mol. The molecule has 0 radical (unpaired) electrons. The fourth-order valence-corrected chi connectivity index (χ4v) is 6.99. The second kappa shape index (κ2) is 10.6. The van der Waals surface area contributed by atoms with Gasteiger partial charge in [0.1, 0.15) is 11.2 Å². The summed E-state index contributed by atoms with van der Waals surface area (Å²) in [6.07, 6.45) is 4.91. The Morgan fingerprint density at radius 1 is 1.02 bits per heavy atom. The number of carbonyl (C=O) groups excluding carboxylic acids is 2. The number of rotatable bonds is 6. The topological polar surface area (TPSA) is 126 Å². The number of fused-ring (bicyclic) bond motifs is 3. The Morgan fingerprint density at radius 3 is 2.57 bits per heavy atom. The van der Waals surface area contributed by atoms with E-state index >= 15 is 0 Å². The summed E-state index contributed by atoms with van der Waals surface area (Å²) in [5, 5.41) is 13.0. The van der Waals surface area contributed by atoms with E-state index in [2.05, 4.69) is 37.4 Å². The number of tetrazole rings is 1. The van der Waals surface area contributed by atoms with Gasteiger partial charge in [-0.05, 0) is 60.4 Å². The Bertz CT molecular complexity index is 1860. The van der Waals surface area contributed by atoms with Crippen molar-refractivity contribution in [3.63, 3.8) is 0 Å². The molecule has 3 aliphatic rings. The molecule has 3 fully saturated rings. The van der Waals surface area contributed by atoms with Crippen LogP contribution in [-0.4, -0.2) is 83.5 Å². The molecule has 1 unspecified atom stereocenters. The molecule has 5 aromatic rings. The molecule has 2 bridgehead atoms. The third kappa shape index (κ3) is 4.62. The van der Waals surface area contributed by atoms with E-state index in [1.807, 2.05) is 41.3 Å². The van der Waals surface area contributed by atoms with Crippen LogP contribution in [0.25, 0.3) is 22.6 Å². The molecule has 0 aliphatic carbocycles. The lowest BCUT2D eigenvalue weighted by Gasteiger charge is -2.43. The SMILES string of the molecule is Cn1nnc(C(c2ccccc2)N2C[C@H]3CC[C@@H](C2)N3C(=O)c2cc(-c3nc4cc(N5CCCC5=O)ccc4o3)ccn2)n1. The van der Waals surface area contributed by atoms with Gasteiger partial charge in [0, 0.05) is 55.6 Å². The van der Waals surface area contributed by atoms with Crippen molar-refractivity contribution in [2.24, 2.45) is 7.05 Å². The number of nitrogens with zero attached hydrogens (tertiary/aromatic N) is 9. The Balaban J connectivity index is 1.04. The number of likely N-dealkylation sites (tertiary alicyclic amines) is 1. The first-order valence-corrected chi connectivity index (χ1v) is 15.0. The third-order valence-electron chi connectivity index (χ3n) is 8.98. The number of pyridine rings is 1. The van der Waals surface area contributed by atoms with Crippen LogP contribution in [0.2, 0.25) is 0 Å². The molecule has 12 nitrogen and oxygen atoms in total. The number of carbonyl (C=O) groups is 2. The highest BCUT2D eigenvalue weighted by atomic mass is 16.3. The molecule has 0 saturated carbocycles. The van der Waals surface area contributed by atoms with Crippen molar-refractivity contribution in [1.29, 1.82) is 0 Å². The standard InChI is InChI=1S/C32H31N9O3/c1-38-36-30(35-37-38)29(20-6-3-2-4-7-20)39-18-23-9-10-24(19-39)41(23)32(43)26-16-21(13-14-33-26)31-34-25-17-22(11-12-27(25)44-31)40-15-5-8-28(40)42/h2-4,6-7,11-14,16-17,23-24,29H,5,8-10,15,18-19H2,1H3/t23-,24+,29?. The van der Waals surface area contributed by atoms with Gasteiger partial charge in [0.15, 0.2) is 11.4 Å². The maximum absolute atomic E-state index is 14.0. The Kier molecular flexibility index (Phi) is 6.44. The van der Waals surface area contributed by atoms with Crippen molar-refractivity contribution >= 4 is 28.6 Å². The zero-order chi connectivity index (χ0) is 29.8. The number of anilines is 1. The molecule has 3 aliphatic heterocycles. The van der Waals surface area contributed by atoms with Gasteiger partial charge in [0.25, 0.3) is 5.91 Å². The van der Waals surface area contributed by atoms with Crippen LogP contribution in [0.1, 0.15) is 53.6 Å². The van der Waals surface area contributed by atoms with Crippen LogP contribution in [-0.2, 0) is 11.8 Å². The zero-order valence-electron chi connectivity index (χ0n) is 24.3. The number of piperazine rings is 1. The molecule has 6 heterocycles. The summed E-state index contributed by atoms with van der Waals surface area (Å²) in [5.74, 6) is 1.11. The molecule has 2 aromatic carbocycles. The number of amides is 2. The second-order valence-electron chi connectivity index (χ2n) is 11.8. The monoisotopic (exact) mass is 589 g/mol. The lowest BCUT2D eigenvalue weighted by atomic mass is 10.0. The van der Waals surface area contributed by atoms with E-state index < -0.39 is 0 Å². The van der Waals surface area contributed by atoms with Crippen LogP contribution >= 0.6 is 0 Å². The van der Waals surface area contributed by atoms with E-state index in [1.165, 1.54) is 4.80 Å². The minimum Gasteiger partial charge on any atom is -0.436 e. The van der Waals surface area contributed by atoms with Crippen molar-refractivity contribution in [2.75, 3.05) is 24.5 Å². The van der Waals surface area contributed by atoms with Crippen molar-refractivity contribution in [3.8, 4) is 11.5 Å². The van der Waals surface area contributed by atoms with E-state index in [0.29, 0.717) is 60.1 Å². The molecule has 3 aromatic heterocycles. The van der Waals surface area contributed by atoms with Crippen LogP contribution < -0.4 is 4.90 Å². The molecule has 222 valence electrons. The Morgan fingerprint density at radius 2 is 1.84 bits per heavy atom. The second-order valence-corrected chi connectivity index (χ2v) is 11.8. The van der Waals surface area contributed by atoms with Crippen LogP contribution in [0.5, 0.6) is 0 Å². The van der Waals surface area contributed by atoms with Crippen molar-refractivity contribution < 1.29 is 14.0 Å². The maximum atomic E-state index is 14.0. The minimum absolute atomic E-state index is 0.0469. The predicted molar refractivity (Wildman–Crippen MR) is 160 cm³/mol. The lowest BCUT2D eigenvalue weighted by molar-refractivity contribution is -0.117. The maximum Gasteiger partial charge on any atom is 0.273 e. The van der Waals surface area contributed by atoms with Crippen molar-refractivity contribution in [2.45, 2.75) is 43.8 Å². The molecular weight excluding hydrogens is 558 g/mol. The third-order valence-corrected chi connectivity index (χ3v) is 8.98. The van der Waals surface area contributed by atoms with Gasteiger partial charge in [0.05, 0.1) is 13.1 Å². The van der Waals surface area contributed by atoms with Gasteiger partial charge in [-0.15, -0.1) is 10.2 Å². The molecule has 8 rings (SSSR count). The lowest BCUT2D eigenvalue weighted by Crippen LogP contribution is -2.56. The highest BCUT2D eigenvalue weighted by Crippen LogP contribution is 2.37. The van der Waals surface area contributed by atoms with Crippen LogP contribution in [0.3, 0.4) is 0 Å². The number of hydrogen-bond acceptors (Lipinski definition) is 9. The quantitative estimate of drug-likeness (QED) is 0.292. The van der Waals surface area contributed by atoms with Crippen LogP contribution in [0, 0.1) is 0 Å². The summed E-state index contributed by atoms with van der Waals surface area (Å²) < 4.78 is 6.07. The van der Waals surface area contributed by atoms with Crippen molar-refractivity contribution in [1.82, 2.24) is 40.0 Å². The van der Waals surface area contributed by atoms with Gasteiger partial charge in [-0.25, -0.2) is 4.98 Å². The first-order valence-electron chi connectivity index (χ1n) is 15.0. The number of aromatic nitrogens is 6. The van der Waals surface area contributed by atoms with E-state index in [0.717, 1.165) is 30.5 Å². The summed E-state index contributed by atoms with van der Waals surface area (Å²) in [6, 6.07) is 19.4. The van der Waals surface area contributed by atoms with E-state index in [9.17, 15) is 9.59 Å². The number of aryl methyl sites for hydroxylation is 1. The number of hydrogen-bond donors (Lipinski definition) is 0. The van der Waals surface area contributed by atoms with Crippen LogP contribution in [0.15, 0.2) is 71.3 Å².